The Kier molecular flexibility index (Phi) is 5.65. The third kappa shape index (κ3) is 3.15. The fourth-order valence-electron chi connectivity index (χ4n) is 10.5. The first kappa shape index (κ1) is 26.1. The van der Waals surface area contributed by atoms with Gasteiger partial charge in [-0.15, -0.1) is 0 Å². The van der Waals surface area contributed by atoms with E-state index in [9.17, 15) is 14.7 Å². The maximum absolute atomic E-state index is 13.9. The monoisotopic (exact) mass is 517 g/mol. The van der Waals surface area contributed by atoms with Gasteiger partial charge < -0.3 is 10.0 Å². The fraction of sp³-hybridized carbons (Fsp3) is 0.706. The molecule has 5 aliphatic carbocycles. The van der Waals surface area contributed by atoms with E-state index in [1.165, 1.54) is 12.0 Å². The molecule has 1 aliphatic heterocycles. The second-order valence-corrected chi connectivity index (χ2v) is 14.7. The topological polar surface area (TPSA) is 57.6 Å². The Morgan fingerprint density at radius 2 is 1.68 bits per heavy atom. The second-order valence-electron chi connectivity index (χ2n) is 14.7. The Morgan fingerprint density at radius 1 is 1.00 bits per heavy atom. The molecule has 4 nitrogen and oxygen atoms in total. The number of likely N-dealkylation sites (tertiary alicyclic amines) is 1. The van der Waals surface area contributed by atoms with E-state index < -0.39 is 0 Å². The summed E-state index contributed by atoms with van der Waals surface area (Å²) < 4.78 is 0. The normalized spacial score (nSPS) is 44.4. The van der Waals surface area contributed by atoms with Gasteiger partial charge in [-0.05, 0) is 111 Å². The van der Waals surface area contributed by atoms with Crippen molar-refractivity contribution in [3.8, 4) is 0 Å². The molecule has 0 aromatic carbocycles. The minimum absolute atomic E-state index is 0.0108. The third-order valence-electron chi connectivity index (χ3n) is 13.1. The zero-order chi connectivity index (χ0) is 27.3. The molecule has 0 aromatic heterocycles. The van der Waals surface area contributed by atoms with Crippen LogP contribution in [0.1, 0.15) is 106 Å². The number of carbonyl (C=O) groups excluding carboxylic acids is 2. The maximum atomic E-state index is 13.9. The highest BCUT2D eigenvalue weighted by molar-refractivity contribution is 6.06. The van der Waals surface area contributed by atoms with Gasteiger partial charge in [0.05, 0.1) is 0 Å². The minimum atomic E-state index is -0.262. The van der Waals surface area contributed by atoms with Gasteiger partial charge in [0.1, 0.15) is 0 Å². The van der Waals surface area contributed by atoms with Crippen LogP contribution >= 0.6 is 0 Å². The Balaban J connectivity index is 1.44. The number of fused-ring (bicyclic) bond motifs is 7. The molecule has 0 bridgehead atoms. The van der Waals surface area contributed by atoms with E-state index in [0.717, 1.165) is 82.0 Å². The Bertz CT molecular complexity index is 1230. The summed E-state index contributed by atoms with van der Waals surface area (Å²) in [6.45, 7) is 15.8. The molecule has 6 atom stereocenters. The van der Waals surface area contributed by atoms with Crippen LogP contribution in [0, 0.1) is 33.0 Å². The molecule has 0 unspecified atom stereocenters. The predicted octanol–water partition coefficient (Wildman–Crippen LogP) is 7.63. The number of hydrogen-bond acceptors (Lipinski definition) is 3. The van der Waals surface area contributed by atoms with Gasteiger partial charge in [0.2, 0.25) is 11.7 Å². The van der Waals surface area contributed by atoms with E-state index in [1.807, 2.05) is 6.92 Å². The van der Waals surface area contributed by atoms with Crippen LogP contribution < -0.4 is 0 Å². The molecule has 4 fully saturated rings. The van der Waals surface area contributed by atoms with Crippen molar-refractivity contribution in [3.63, 3.8) is 0 Å². The molecule has 6 rings (SSSR count). The lowest BCUT2D eigenvalue weighted by molar-refractivity contribution is -0.181. The van der Waals surface area contributed by atoms with Crippen molar-refractivity contribution in [3.05, 3.63) is 46.3 Å². The summed E-state index contributed by atoms with van der Waals surface area (Å²) in [6.07, 6.45) is 17.3. The number of ketones is 1. The van der Waals surface area contributed by atoms with Crippen molar-refractivity contribution in [2.24, 2.45) is 33.0 Å². The van der Waals surface area contributed by atoms with Crippen LogP contribution in [0.15, 0.2) is 46.3 Å². The average Bonchev–Trinajstić information content (AvgIpc) is 3.43. The first-order valence-electron chi connectivity index (χ1n) is 15.2. The number of aliphatic hydroxyl groups excluding tert-OH is 1. The number of amides is 1. The van der Waals surface area contributed by atoms with Crippen LogP contribution in [0.25, 0.3) is 0 Å². The Labute approximate surface area is 229 Å². The number of rotatable bonds is 2. The Hall–Kier alpha value is -2.10. The zero-order valence-electron chi connectivity index (χ0n) is 24.5. The van der Waals surface area contributed by atoms with E-state index in [4.69, 9.17) is 0 Å². The number of nitrogens with zero attached hydrogens (tertiary/aromatic N) is 1. The molecule has 6 aliphatic rings. The summed E-state index contributed by atoms with van der Waals surface area (Å²) >= 11 is 0. The molecule has 0 radical (unpaired) electrons. The van der Waals surface area contributed by atoms with Crippen molar-refractivity contribution in [1.29, 1.82) is 0 Å². The second kappa shape index (κ2) is 8.21. The lowest BCUT2D eigenvalue weighted by Crippen LogP contribution is -2.63. The molecule has 1 heterocycles. The molecular formula is C34H47NO3. The third-order valence-corrected chi connectivity index (χ3v) is 13.1. The largest absolute Gasteiger partial charge is 0.504 e. The van der Waals surface area contributed by atoms with Crippen molar-refractivity contribution in [1.82, 2.24) is 4.90 Å². The van der Waals surface area contributed by atoms with Gasteiger partial charge in [0.15, 0.2) is 5.76 Å². The molecule has 1 saturated heterocycles. The molecule has 0 aromatic rings. The van der Waals surface area contributed by atoms with E-state index in [-0.39, 0.29) is 38.6 Å². The standard InChI is InChI=1S/C34H47NO3/c1-7-34-17-15-32(5)24-20-25(36)28(37)22(2)23(24)10-11-26(32)33(34,6)16-14-30(3)12-13-31(4,21-27(30)34)29(38)35-18-8-9-19-35/h10-11,20,27,37H,7-9,12-19,21H2,1-6H3/t27-,30-,31-,32+,33-,34+/m1/s1. The summed E-state index contributed by atoms with van der Waals surface area (Å²) in [4.78, 5) is 28.8. The molecule has 0 spiro atoms. The predicted molar refractivity (Wildman–Crippen MR) is 151 cm³/mol. The van der Waals surface area contributed by atoms with Gasteiger partial charge in [-0.25, -0.2) is 0 Å². The zero-order valence-corrected chi connectivity index (χ0v) is 24.5. The van der Waals surface area contributed by atoms with Crippen LogP contribution in [-0.2, 0) is 9.59 Å². The van der Waals surface area contributed by atoms with E-state index >= 15 is 0 Å². The number of aliphatic hydroxyl groups is 1. The SMILES string of the molecule is CC[C@@]12CC[C@@]3(C)C4=CC(=O)C(O)=C(C)C4=CC=C3[C@@]1(C)CC[C@@]1(C)CC[C@@](C)(C(=O)N3CCCC3)C[C@H]12. The van der Waals surface area contributed by atoms with Gasteiger partial charge in [0, 0.05) is 29.5 Å². The lowest BCUT2D eigenvalue weighted by atomic mass is 9.33. The molecular weight excluding hydrogens is 470 g/mol. The van der Waals surface area contributed by atoms with Gasteiger partial charge in [0.25, 0.3) is 0 Å². The molecule has 38 heavy (non-hydrogen) atoms. The molecule has 1 amide bonds. The smallest absolute Gasteiger partial charge is 0.228 e. The lowest BCUT2D eigenvalue weighted by Gasteiger charge is -2.71. The molecule has 4 heteroatoms. The van der Waals surface area contributed by atoms with Crippen molar-refractivity contribution in [2.45, 2.75) is 106 Å². The van der Waals surface area contributed by atoms with Crippen LogP contribution in [0.5, 0.6) is 0 Å². The highest BCUT2D eigenvalue weighted by Gasteiger charge is 2.68. The summed E-state index contributed by atoms with van der Waals surface area (Å²) in [5.41, 5.74) is 4.28. The van der Waals surface area contributed by atoms with Gasteiger partial charge in [-0.3, -0.25) is 9.59 Å². The van der Waals surface area contributed by atoms with Gasteiger partial charge >= 0.3 is 0 Å². The number of hydrogen-bond donors (Lipinski definition) is 1. The fourth-order valence-corrected chi connectivity index (χ4v) is 10.5. The Morgan fingerprint density at radius 3 is 2.37 bits per heavy atom. The van der Waals surface area contributed by atoms with E-state index in [0.29, 0.717) is 17.4 Å². The minimum Gasteiger partial charge on any atom is -0.504 e. The van der Waals surface area contributed by atoms with Gasteiger partial charge in [-0.2, -0.15) is 0 Å². The van der Waals surface area contributed by atoms with Crippen LogP contribution in [-0.4, -0.2) is 34.8 Å². The van der Waals surface area contributed by atoms with E-state index in [1.54, 1.807) is 6.08 Å². The quantitative estimate of drug-likeness (QED) is 0.410. The molecule has 3 saturated carbocycles. The van der Waals surface area contributed by atoms with Gasteiger partial charge in [-0.1, -0.05) is 52.3 Å². The van der Waals surface area contributed by atoms with E-state index in [2.05, 4.69) is 51.7 Å². The molecule has 1 N–H and O–H groups in total. The van der Waals surface area contributed by atoms with Crippen LogP contribution in [0.4, 0.5) is 0 Å². The van der Waals surface area contributed by atoms with Crippen molar-refractivity contribution >= 4 is 11.7 Å². The summed E-state index contributed by atoms with van der Waals surface area (Å²) in [5, 5.41) is 10.4. The summed E-state index contributed by atoms with van der Waals surface area (Å²) in [7, 11) is 0. The van der Waals surface area contributed by atoms with Crippen molar-refractivity contribution in [2.75, 3.05) is 13.1 Å². The first-order valence-corrected chi connectivity index (χ1v) is 15.2. The first-order chi connectivity index (χ1) is 17.9. The van der Waals surface area contributed by atoms with Crippen LogP contribution in [0.2, 0.25) is 0 Å². The van der Waals surface area contributed by atoms with Crippen LogP contribution in [0.3, 0.4) is 0 Å². The summed E-state index contributed by atoms with van der Waals surface area (Å²) in [6, 6.07) is 0. The number of allylic oxidation sites excluding steroid dienone is 7. The highest BCUT2D eigenvalue weighted by Crippen LogP contribution is 2.76. The number of carbonyl (C=O) groups is 2. The van der Waals surface area contributed by atoms with Crippen molar-refractivity contribution < 1.29 is 14.7 Å². The summed E-state index contributed by atoms with van der Waals surface area (Å²) in [5.74, 6) is 0.554. The molecule has 206 valence electrons. The average molecular weight is 518 g/mol. The highest BCUT2D eigenvalue weighted by atomic mass is 16.3. The maximum Gasteiger partial charge on any atom is 0.228 e.